The molecule has 0 saturated carbocycles. The third kappa shape index (κ3) is 2.64. The number of hydroxylamine groups is 1. The lowest BCUT2D eigenvalue weighted by Crippen LogP contribution is -2.27. The Kier molecular flexibility index (Phi) is 4.07. The number of methoxy groups -OCH3 is 2. The molecule has 2 aromatic carbocycles. The Bertz CT molecular complexity index is 845. The SMILES string of the molecule is COc1cc2c(cc1OC)C(c1cccc([N+](=O)[O-])c1)=[N+]([O-])CC2. The number of nitro benzene ring substituents is 1. The fourth-order valence-electron chi connectivity index (χ4n) is 2.88. The summed E-state index contributed by atoms with van der Waals surface area (Å²) in [5.41, 5.74) is 2.50. The molecule has 0 unspecified atom stereocenters. The van der Waals surface area contributed by atoms with Crippen LogP contribution in [0.4, 0.5) is 5.69 Å². The highest BCUT2D eigenvalue weighted by molar-refractivity contribution is 6.11. The quantitative estimate of drug-likeness (QED) is 0.372. The zero-order chi connectivity index (χ0) is 17.3. The molecule has 0 fully saturated rings. The van der Waals surface area contributed by atoms with Crippen LogP contribution in [0.2, 0.25) is 0 Å². The van der Waals surface area contributed by atoms with E-state index in [4.69, 9.17) is 9.47 Å². The molecule has 2 aromatic rings. The van der Waals surface area contributed by atoms with E-state index in [9.17, 15) is 15.3 Å². The molecule has 1 aliphatic rings. The van der Waals surface area contributed by atoms with Crippen molar-refractivity contribution < 1.29 is 19.1 Å². The Labute approximate surface area is 138 Å². The first-order chi connectivity index (χ1) is 11.5. The van der Waals surface area contributed by atoms with Crippen molar-refractivity contribution in [1.82, 2.24) is 0 Å². The lowest BCUT2D eigenvalue weighted by Gasteiger charge is -2.21. The number of nitrogens with zero attached hydrogens (tertiary/aromatic N) is 2. The highest BCUT2D eigenvalue weighted by Crippen LogP contribution is 2.33. The van der Waals surface area contributed by atoms with Gasteiger partial charge in [-0.15, -0.1) is 0 Å². The van der Waals surface area contributed by atoms with Crippen molar-refractivity contribution in [1.29, 1.82) is 0 Å². The molecule has 0 saturated heterocycles. The molecule has 7 nitrogen and oxygen atoms in total. The summed E-state index contributed by atoms with van der Waals surface area (Å²) in [5, 5.41) is 23.4. The average molecular weight is 328 g/mol. The van der Waals surface area contributed by atoms with Crippen LogP contribution >= 0.6 is 0 Å². The van der Waals surface area contributed by atoms with E-state index in [0.717, 1.165) is 10.3 Å². The summed E-state index contributed by atoms with van der Waals surface area (Å²) in [6, 6.07) is 9.66. The smallest absolute Gasteiger partial charge is 0.270 e. The fourth-order valence-corrected chi connectivity index (χ4v) is 2.88. The summed E-state index contributed by atoms with van der Waals surface area (Å²) in [6.45, 7) is 0.278. The first-order valence-electron chi connectivity index (χ1n) is 7.37. The van der Waals surface area contributed by atoms with Gasteiger partial charge < -0.3 is 14.7 Å². The molecule has 1 aliphatic heterocycles. The number of hydrogen-bond donors (Lipinski definition) is 0. The minimum atomic E-state index is -0.475. The zero-order valence-electron chi connectivity index (χ0n) is 13.3. The molecule has 0 spiro atoms. The van der Waals surface area contributed by atoms with Gasteiger partial charge in [0.15, 0.2) is 18.0 Å². The Morgan fingerprint density at radius 1 is 1.12 bits per heavy atom. The van der Waals surface area contributed by atoms with Crippen LogP contribution in [-0.4, -0.2) is 36.1 Å². The summed E-state index contributed by atoms with van der Waals surface area (Å²) in [5.74, 6) is 1.10. The number of nitro groups is 1. The second-order valence-electron chi connectivity index (χ2n) is 5.37. The van der Waals surface area contributed by atoms with Crippen molar-refractivity contribution in [3.05, 3.63) is 68.4 Å². The number of ether oxygens (including phenoxy) is 2. The first kappa shape index (κ1) is 15.8. The predicted octanol–water partition coefficient (Wildman–Crippen LogP) is 2.52. The van der Waals surface area contributed by atoms with E-state index < -0.39 is 4.92 Å². The molecular weight excluding hydrogens is 312 g/mol. The maximum atomic E-state index is 12.4. The highest BCUT2D eigenvalue weighted by atomic mass is 16.6. The number of non-ortho nitro benzene ring substituents is 1. The minimum absolute atomic E-state index is 0.0546. The van der Waals surface area contributed by atoms with Crippen LogP contribution in [-0.2, 0) is 6.42 Å². The third-order valence-electron chi connectivity index (χ3n) is 4.03. The van der Waals surface area contributed by atoms with Gasteiger partial charge in [-0.1, -0.05) is 6.07 Å². The Hall–Kier alpha value is -3.09. The van der Waals surface area contributed by atoms with E-state index in [2.05, 4.69) is 0 Å². The molecule has 0 bridgehead atoms. The van der Waals surface area contributed by atoms with Gasteiger partial charge in [-0.25, -0.2) is 4.74 Å². The van der Waals surface area contributed by atoms with Crippen LogP contribution in [0, 0.1) is 15.3 Å². The molecule has 124 valence electrons. The molecule has 0 aliphatic carbocycles. The van der Waals surface area contributed by atoms with Gasteiger partial charge in [0.2, 0.25) is 5.71 Å². The molecule has 3 rings (SSSR count). The monoisotopic (exact) mass is 328 g/mol. The molecule has 7 heteroatoms. The first-order valence-corrected chi connectivity index (χ1v) is 7.37. The average Bonchev–Trinajstić information content (AvgIpc) is 2.60. The highest BCUT2D eigenvalue weighted by Gasteiger charge is 2.27. The number of hydrogen-bond acceptors (Lipinski definition) is 5. The van der Waals surface area contributed by atoms with Gasteiger partial charge in [0, 0.05) is 18.6 Å². The van der Waals surface area contributed by atoms with Gasteiger partial charge in [-0.3, -0.25) is 10.1 Å². The summed E-state index contributed by atoms with van der Waals surface area (Å²) < 4.78 is 11.5. The summed E-state index contributed by atoms with van der Waals surface area (Å²) in [6.07, 6.45) is 0.567. The summed E-state index contributed by atoms with van der Waals surface area (Å²) in [4.78, 5) is 10.5. The fraction of sp³-hybridized carbons (Fsp3) is 0.235. The second kappa shape index (κ2) is 6.19. The van der Waals surface area contributed by atoms with Crippen LogP contribution in [0.15, 0.2) is 36.4 Å². The van der Waals surface area contributed by atoms with Gasteiger partial charge in [-0.2, -0.15) is 0 Å². The molecule has 24 heavy (non-hydrogen) atoms. The summed E-state index contributed by atoms with van der Waals surface area (Å²) >= 11 is 0. The molecule has 0 N–H and O–H groups in total. The van der Waals surface area contributed by atoms with E-state index in [1.807, 2.05) is 6.07 Å². The van der Waals surface area contributed by atoms with Gasteiger partial charge in [-0.05, 0) is 23.8 Å². The lowest BCUT2D eigenvalue weighted by atomic mass is 9.92. The van der Waals surface area contributed by atoms with Gasteiger partial charge >= 0.3 is 0 Å². The molecule has 1 heterocycles. The number of fused-ring (bicyclic) bond motifs is 1. The van der Waals surface area contributed by atoms with Crippen LogP contribution in [0.1, 0.15) is 16.7 Å². The maximum absolute atomic E-state index is 12.4. The van der Waals surface area contributed by atoms with Crippen molar-refractivity contribution in [2.45, 2.75) is 6.42 Å². The van der Waals surface area contributed by atoms with Crippen molar-refractivity contribution in [2.75, 3.05) is 20.8 Å². The Morgan fingerprint density at radius 3 is 2.50 bits per heavy atom. The van der Waals surface area contributed by atoms with Crippen LogP contribution in [0.5, 0.6) is 11.5 Å². The normalized spacial score (nSPS) is 13.4. The van der Waals surface area contributed by atoms with E-state index in [-0.39, 0.29) is 12.2 Å². The van der Waals surface area contributed by atoms with Gasteiger partial charge in [0.25, 0.3) is 5.69 Å². The second-order valence-corrected chi connectivity index (χ2v) is 5.37. The predicted molar refractivity (Wildman–Crippen MR) is 88.1 cm³/mol. The summed E-state index contributed by atoms with van der Waals surface area (Å²) in [7, 11) is 3.08. The van der Waals surface area contributed by atoms with Gasteiger partial charge in [0.05, 0.1) is 30.3 Å². The Morgan fingerprint density at radius 2 is 1.83 bits per heavy atom. The topological polar surface area (TPSA) is 87.7 Å². The van der Waals surface area contributed by atoms with E-state index in [1.54, 1.807) is 25.3 Å². The molecule has 0 aromatic heterocycles. The Balaban J connectivity index is 2.19. The number of benzene rings is 2. The standard InChI is InChI=1S/C17H16N2O5/c1-23-15-9-11-6-7-18(20)17(14(11)10-16(15)24-2)12-4-3-5-13(8-12)19(21)22/h3-5,8-10H,6-7H2,1-2H3. The molecular formula is C17H16N2O5. The van der Waals surface area contributed by atoms with Crippen molar-refractivity contribution in [3.63, 3.8) is 0 Å². The van der Waals surface area contributed by atoms with Crippen LogP contribution in [0.3, 0.4) is 0 Å². The zero-order valence-corrected chi connectivity index (χ0v) is 13.3. The van der Waals surface area contributed by atoms with E-state index in [1.165, 1.54) is 19.2 Å². The van der Waals surface area contributed by atoms with Crippen LogP contribution in [0.25, 0.3) is 0 Å². The van der Waals surface area contributed by atoms with Crippen molar-refractivity contribution >= 4 is 11.4 Å². The molecule has 0 radical (unpaired) electrons. The number of rotatable bonds is 4. The lowest BCUT2D eigenvalue weighted by molar-refractivity contribution is -0.457. The largest absolute Gasteiger partial charge is 0.623 e. The van der Waals surface area contributed by atoms with E-state index in [0.29, 0.717) is 34.8 Å². The van der Waals surface area contributed by atoms with E-state index >= 15 is 0 Å². The van der Waals surface area contributed by atoms with Crippen molar-refractivity contribution in [2.24, 2.45) is 0 Å². The third-order valence-corrected chi connectivity index (χ3v) is 4.03. The molecule has 0 atom stereocenters. The van der Waals surface area contributed by atoms with Crippen molar-refractivity contribution in [3.8, 4) is 11.5 Å². The molecule has 0 amide bonds. The van der Waals surface area contributed by atoms with Gasteiger partial charge in [0.1, 0.15) is 0 Å². The van der Waals surface area contributed by atoms with Crippen LogP contribution < -0.4 is 9.47 Å². The maximum Gasteiger partial charge on any atom is 0.270 e. The minimum Gasteiger partial charge on any atom is -0.623 e.